The normalized spacial score (nSPS) is 15.7. The maximum atomic E-state index is 13.0. The highest BCUT2D eigenvalue weighted by atomic mass is 16.5. The number of carbonyl (C=O) groups is 2. The molecule has 0 aromatic heterocycles. The molecule has 3 rings (SSSR count). The molecule has 1 unspecified atom stereocenters. The van der Waals surface area contributed by atoms with Crippen LogP contribution in [-0.4, -0.2) is 18.4 Å². The van der Waals surface area contributed by atoms with E-state index in [0.29, 0.717) is 25.0 Å². The monoisotopic (exact) mass is 387 g/mol. The van der Waals surface area contributed by atoms with E-state index in [-0.39, 0.29) is 18.3 Å². The number of allylic oxidation sites excluding steroid dienone is 4. The van der Waals surface area contributed by atoms with Gasteiger partial charge in [0.1, 0.15) is 6.61 Å². The Balaban J connectivity index is 1.57. The summed E-state index contributed by atoms with van der Waals surface area (Å²) >= 11 is 0. The topological polar surface area (TPSA) is 55.4 Å². The van der Waals surface area contributed by atoms with E-state index >= 15 is 0 Å². The van der Waals surface area contributed by atoms with Crippen molar-refractivity contribution in [3.8, 4) is 0 Å². The van der Waals surface area contributed by atoms with Crippen LogP contribution in [0, 0.1) is 5.92 Å². The quantitative estimate of drug-likeness (QED) is 0.642. The third-order valence-corrected chi connectivity index (χ3v) is 4.65. The molecule has 0 radical (unpaired) electrons. The zero-order chi connectivity index (χ0) is 20.3. The molecule has 4 nitrogen and oxygen atoms in total. The summed E-state index contributed by atoms with van der Waals surface area (Å²) in [4.78, 5) is 25.0. The minimum Gasteiger partial charge on any atom is -0.445 e. The average molecular weight is 387 g/mol. The summed E-state index contributed by atoms with van der Waals surface area (Å²) in [5.74, 6) is -0.0612. The molecule has 0 saturated carbocycles. The molecule has 4 heteroatoms. The van der Waals surface area contributed by atoms with E-state index in [0.717, 1.165) is 11.1 Å². The first-order valence-corrected chi connectivity index (χ1v) is 9.80. The third-order valence-electron chi connectivity index (χ3n) is 4.65. The molecule has 0 fully saturated rings. The summed E-state index contributed by atoms with van der Waals surface area (Å²) in [6.45, 7) is 0.557. The lowest BCUT2D eigenvalue weighted by Gasteiger charge is -2.15. The van der Waals surface area contributed by atoms with E-state index in [1.54, 1.807) is 0 Å². The molecule has 148 valence electrons. The van der Waals surface area contributed by atoms with Gasteiger partial charge in [0.25, 0.3) is 0 Å². The van der Waals surface area contributed by atoms with Gasteiger partial charge in [0.15, 0.2) is 5.78 Å². The van der Waals surface area contributed by atoms with E-state index in [1.807, 2.05) is 91.0 Å². The molecular weight excluding hydrogens is 362 g/mol. The van der Waals surface area contributed by atoms with Crippen molar-refractivity contribution in [3.63, 3.8) is 0 Å². The molecule has 0 saturated heterocycles. The van der Waals surface area contributed by atoms with Gasteiger partial charge < -0.3 is 10.1 Å². The number of ketones is 1. The van der Waals surface area contributed by atoms with Gasteiger partial charge in [-0.3, -0.25) is 4.79 Å². The Hall–Kier alpha value is -3.40. The summed E-state index contributed by atoms with van der Waals surface area (Å²) in [5, 5.41) is 2.74. The Morgan fingerprint density at radius 2 is 1.72 bits per heavy atom. The number of hydrogen-bond acceptors (Lipinski definition) is 3. The molecule has 1 N–H and O–H groups in total. The predicted octanol–water partition coefficient (Wildman–Crippen LogP) is 5.09. The van der Waals surface area contributed by atoms with Crippen molar-refractivity contribution < 1.29 is 14.3 Å². The maximum Gasteiger partial charge on any atom is 0.407 e. The van der Waals surface area contributed by atoms with E-state index in [4.69, 9.17) is 4.74 Å². The fourth-order valence-corrected chi connectivity index (χ4v) is 3.10. The summed E-state index contributed by atoms with van der Waals surface area (Å²) in [7, 11) is 0. The molecular formula is C25H25NO3. The molecule has 0 spiro atoms. The summed E-state index contributed by atoms with van der Waals surface area (Å²) in [6, 6.07) is 19.3. The van der Waals surface area contributed by atoms with Gasteiger partial charge in [-0.1, -0.05) is 85.0 Å². The molecule has 1 aliphatic rings. The van der Waals surface area contributed by atoms with Gasteiger partial charge in [0, 0.05) is 12.5 Å². The standard InChI is InChI=1S/C25H25NO3/c27-24(22-14-8-3-9-15-22)23(18-20-10-4-1-5-11-20)16-17-26-25(28)29-19-21-12-6-2-7-13-21/h1-14,18,22H,15-17,19H2,(H,26,28). The third kappa shape index (κ3) is 6.61. The van der Waals surface area contributed by atoms with Crippen molar-refractivity contribution >= 4 is 18.0 Å². The van der Waals surface area contributed by atoms with E-state index in [9.17, 15) is 9.59 Å². The van der Waals surface area contributed by atoms with Crippen LogP contribution in [0.15, 0.2) is 90.5 Å². The SMILES string of the molecule is O=C(NCCC(=Cc1ccccc1)C(=O)C1C=CC=CC1)OCc1ccccc1. The second kappa shape index (κ2) is 10.8. The Morgan fingerprint density at radius 3 is 2.41 bits per heavy atom. The van der Waals surface area contributed by atoms with Crippen LogP contribution in [0.25, 0.3) is 6.08 Å². The highest BCUT2D eigenvalue weighted by Crippen LogP contribution is 2.21. The van der Waals surface area contributed by atoms with Crippen LogP contribution in [0.3, 0.4) is 0 Å². The zero-order valence-electron chi connectivity index (χ0n) is 16.3. The van der Waals surface area contributed by atoms with Gasteiger partial charge in [-0.25, -0.2) is 4.79 Å². The highest BCUT2D eigenvalue weighted by Gasteiger charge is 2.20. The second-order valence-electron chi connectivity index (χ2n) is 6.84. The summed E-state index contributed by atoms with van der Waals surface area (Å²) in [6.07, 6.45) is 10.4. The van der Waals surface area contributed by atoms with Gasteiger partial charge in [-0.05, 0) is 35.6 Å². The van der Waals surface area contributed by atoms with E-state index in [1.165, 1.54) is 0 Å². The zero-order valence-corrected chi connectivity index (χ0v) is 16.3. The van der Waals surface area contributed by atoms with Crippen LogP contribution in [0.4, 0.5) is 4.79 Å². The van der Waals surface area contributed by atoms with Crippen molar-refractivity contribution in [2.45, 2.75) is 19.4 Å². The first kappa shape index (κ1) is 20.3. The van der Waals surface area contributed by atoms with Gasteiger partial charge in [-0.2, -0.15) is 0 Å². The molecule has 0 bridgehead atoms. The molecule has 2 aromatic carbocycles. The molecule has 1 atom stereocenters. The van der Waals surface area contributed by atoms with Crippen LogP contribution in [0.2, 0.25) is 0 Å². The van der Waals surface area contributed by atoms with Gasteiger partial charge in [0.05, 0.1) is 0 Å². The van der Waals surface area contributed by atoms with Gasteiger partial charge in [0.2, 0.25) is 0 Å². The van der Waals surface area contributed by atoms with Crippen LogP contribution in [-0.2, 0) is 16.1 Å². The van der Waals surface area contributed by atoms with Gasteiger partial charge >= 0.3 is 6.09 Å². The lowest BCUT2D eigenvalue weighted by atomic mass is 9.89. The number of alkyl carbamates (subject to hydrolysis) is 1. The summed E-state index contributed by atoms with van der Waals surface area (Å²) < 4.78 is 5.23. The van der Waals surface area contributed by atoms with Crippen molar-refractivity contribution in [3.05, 3.63) is 102 Å². The van der Waals surface area contributed by atoms with Crippen molar-refractivity contribution in [1.29, 1.82) is 0 Å². The van der Waals surface area contributed by atoms with Crippen molar-refractivity contribution in [2.75, 3.05) is 6.54 Å². The number of benzene rings is 2. The minimum absolute atomic E-state index is 0.0916. The van der Waals surface area contributed by atoms with Crippen LogP contribution in [0.1, 0.15) is 24.0 Å². The highest BCUT2D eigenvalue weighted by molar-refractivity contribution is 6.02. The van der Waals surface area contributed by atoms with Crippen LogP contribution >= 0.6 is 0 Å². The van der Waals surface area contributed by atoms with Gasteiger partial charge in [-0.15, -0.1) is 0 Å². The van der Waals surface area contributed by atoms with E-state index < -0.39 is 6.09 Å². The van der Waals surface area contributed by atoms with Crippen molar-refractivity contribution in [2.24, 2.45) is 5.92 Å². The number of nitrogens with one attached hydrogen (secondary N) is 1. The summed E-state index contributed by atoms with van der Waals surface area (Å²) in [5.41, 5.74) is 2.60. The molecule has 1 aliphatic carbocycles. The largest absolute Gasteiger partial charge is 0.445 e. The molecule has 2 aromatic rings. The predicted molar refractivity (Wildman–Crippen MR) is 115 cm³/mol. The Morgan fingerprint density at radius 1 is 1.00 bits per heavy atom. The first-order valence-electron chi connectivity index (χ1n) is 9.80. The molecule has 0 aliphatic heterocycles. The number of Topliss-reactive ketones (excluding diaryl/α,β-unsaturated/α-hetero) is 1. The minimum atomic E-state index is -0.485. The van der Waals surface area contributed by atoms with Crippen LogP contribution in [0.5, 0.6) is 0 Å². The Bertz CT molecular complexity index is 898. The Kier molecular flexibility index (Phi) is 7.58. The Labute approximate surface area is 171 Å². The number of amides is 1. The molecule has 1 amide bonds. The van der Waals surface area contributed by atoms with E-state index in [2.05, 4.69) is 5.32 Å². The fourth-order valence-electron chi connectivity index (χ4n) is 3.10. The molecule has 29 heavy (non-hydrogen) atoms. The average Bonchev–Trinajstić information content (AvgIpc) is 2.78. The van der Waals surface area contributed by atoms with Crippen LogP contribution < -0.4 is 5.32 Å². The number of carbonyl (C=O) groups excluding carboxylic acids is 2. The number of rotatable bonds is 8. The second-order valence-corrected chi connectivity index (χ2v) is 6.84. The fraction of sp³-hybridized carbons (Fsp3) is 0.200. The van der Waals surface area contributed by atoms with Crippen molar-refractivity contribution in [1.82, 2.24) is 5.32 Å². The number of ether oxygens (including phenoxy) is 1. The lowest BCUT2D eigenvalue weighted by molar-refractivity contribution is -0.117. The molecule has 0 heterocycles. The smallest absolute Gasteiger partial charge is 0.407 e. The number of hydrogen-bond donors (Lipinski definition) is 1. The maximum absolute atomic E-state index is 13.0. The lowest BCUT2D eigenvalue weighted by Crippen LogP contribution is -2.27. The first-order chi connectivity index (χ1) is 14.2.